The minimum absolute atomic E-state index is 0.0811. The topological polar surface area (TPSA) is 63.5 Å². The minimum Gasteiger partial charge on any atom is -0.367 e. The summed E-state index contributed by atoms with van der Waals surface area (Å²) in [7, 11) is 0. The molecular weight excluding hydrogens is 377 g/mol. The molecule has 0 saturated carbocycles. The fourth-order valence-electron chi connectivity index (χ4n) is 3.42. The average Bonchev–Trinajstić information content (AvgIpc) is 3.17. The van der Waals surface area contributed by atoms with Crippen molar-refractivity contribution in [3.8, 4) is 17.1 Å². The highest BCUT2D eigenvalue weighted by molar-refractivity contribution is 7.71. The third kappa shape index (κ3) is 2.93. The highest BCUT2D eigenvalue weighted by Gasteiger charge is 2.46. The van der Waals surface area contributed by atoms with Crippen LogP contribution in [0.1, 0.15) is 24.9 Å². The molecule has 0 bridgehead atoms. The SMILES string of the molecule is Cc1ccccc1-n1c(-c2cnn3c2N[C@@H](C)C[C@@H]3C(F)(F)F)n[nH]c1=S. The Morgan fingerprint density at radius 1 is 1.26 bits per heavy atom. The summed E-state index contributed by atoms with van der Waals surface area (Å²) < 4.78 is 43.5. The van der Waals surface area contributed by atoms with Crippen molar-refractivity contribution >= 4 is 18.0 Å². The lowest BCUT2D eigenvalue weighted by atomic mass is 10.0. The number of rotatable bonds is 2. The molecule has 27 heavy (non-hydrogen) atoms. The number of aromatic nitrogens is 5. The maximum atomic E-state index is 13.5. The number of hydrogen-bond acceptors (Lipinski definition) is 4. The van der Waals surface area contributed by atoms with E-state index in [9.17, 15) is 13.2 Å². The highest BCUT2D eigenvalue weighted by Crippen LogP contribution is 2.42. The molecule has 3 heterocycles. The molecule has 0 saturated heterocycles. The third-order valence-corrected chi connectivity index (χ3v) is 4.97. The Morgan fingerprint density at radius 2 is 2.00 bits per heavy atom. The Morgan fingerprint density at radius 3 is 2.70 bits per heavy atom. The molecule has 0 radical (unpaired) electrons. The molecule has 2 N–H and O–H groups in total. The smallest absolute Gasteiger partial charge is 0.367 e. The zero-order chi connectivity index (χ0) is 19.3. The van der Waals surface area contributed by atoms with Crippen LogP contribution in [0.25, 0.3) is 17.1 Å². The fraction of sp³-hybridized carbons (Fsp3) is 0.353. The van der Waals surface area contributed by atoms with E-state index in [4.69, 9.17) is 12.2 Å². The normalized spacial score (nSPS) is 19.6. The van der Waals surface area contributed by atoms with E-state index >= 15 is 0 Å². The number of nitrogens with zero attached hydrogens (tertiary/aromatic N) is 4. The number of halogens is 3. The van der Waals surface area contributed by atoms with Crippen LogP contribution in [0.2, 0.25) is 0 Å². The first-order chi connectivity index (χ1) is 12.8. The van der Waals surface area contributed by atoms with Crippen LogP contribution in [-0.4, -0.2) is 36.8 Å². The van der Waals surface area contributed by atoms with Gasteiger partial charge < -0.3 is 5.32 Å². The van der Waals surface area contributed by atoms with Gasteiger partial charge in [0.25, 0.3) is 0 Å². The number of alkyl halides is 3. The van der Waals surface area contributed by atoms with Crippen LogP contribution in [0.3, 0.4) is 0 Å². The van der Waals surface area contributed by atoms with Crippen molar-refractivity contribution in [2.75, 3.05) is 5.32 Å². The quantitative estimate of drug-likeness (QED) is 0.632. The van der Waals surface area contributed by atoms with Gasteiger partial charge in [0.1, 0.15) is 5.82 Å². The summed E-state index contributed by atoms with van der Waals surface area (Å²) in [4.78, 5) is 0. The molecular formula is C17H17F3N6S. The minimum atomic E-state index is -4.38. The summed E-state index contributed by atoms with van der Waals surface area (Å²) in [6.45, 7) is 3.65. The lowest BCUT2D eigenvalue weighted by molar-refractivity contribution is -0.173. The van der Waals surface area contributed by atoms with Crippen LogP contribution >= 0.6 is 12.2 Å². The third-order valence-electron chi connectivity index (χ3n) is 4.70. The first-order valence-corrected chi connectivity index (χ1v) is 8.82. The standard InChI is InChI=1S/C17H17F3N6S/c1-9-5-3-4-6-12(9)25-15(23-24-16(25)27)11-8-21-26-13(17(18,19)20)7-10(2)22-14(11)26/h3-6,8,10,13,22H,7H2,1-2H3,(H,24,27)/t10-,13+/m0/s1. The Labute approximate surface area is 158 Å². The van der Waals surface area contributed by atoms with Crippen molar-refractivity contribution in [2.45, 2.75) is 38.5 Å². The van der Waals surface area contributed by atoms with E-state index in [-0.39, 0.29) is 12.5 Å². The fourth-order valence-corrected chi connectivity index (χ4v) is 3.65. The summed E-state index contributed by atoms with van der Waals surface area (Å²) in [5.74, 6) is 0.706. The predicted molar refractivity (Wildman–Crippen MR) is 97.5 cm³/mol. The zero-order valence-corrected chi connectivity index (χ0v) is 15.4. The molecule has 142 valence electrons. The summed E-state index contributed by atoms with van der Waals surface area (Å²) in [6.07, 6.45) is -3.06. The van der Waals surface area contributed by atoms with Gasteiger partial charge in [-0.05, 0) is 44.1 Å². The summed E-state index contributed by atoms with van der Waals surface area (Å²) in [6, 6.07) is 5.56. The molecule has 2 aromatic heterocycles. The summed E-state index contributed by atoms with van der Waals surface area (Å²) >= 11 is 5.37. The molecule has 2 atom stereocenters. The maximum Gasteiger partial charge on any atom is 0.410 e. The van der Waals surface area contributed by atoms with Crippen LogP contribution in [-0.2, 0) is 0 Å². The Bertz CT molecular complexity index is 1050. The number of hydrogen-bond donors (Lipinski definition) is 2. The lowest BCUT2D eigenvalue weighted by Gasteiger charge is -2.32. The van der Waals surface area contributed by atoms with Crippen molar-refractivity contribution in [3.05, 3.63) is 40.8 Å². The Kier molecular flexibility index (Phi) is 4.10. The van der Waals surface area contributed by atoms with Crippen molar-refractivity contribution in [1.29, 1.82) is 0 Å². The molecule has 0 amide bonds. The lowest BCUT2D eigenvalue weighted by Crippen LogP contribution is -2.38. The number of aryl methyl sites for hydroxylation is 1. The molecule has 1 aliphatic rings. The molecule has 0 aliphatic carbocycles. The first-order valence-electron chi connectivity index (χ1n) is 8.42. The number of fused-ring (bicyclic) bond motifs is 1. The van der Waals surface area contributed by atoms with E-state index in [0.717, 1.165) is 15.9 Å². The second-order valence-corrected chi connectivity index (χ2v) is 7.05. The zero-order valence-electron chi connectivity index (χ0n) is 14.6. The second-order valence-electron chi connectivity index (χ2n) is 6.66. The van der Waals surface area contributed by atoms with Gasteiger partial charge in [0.05, 0.1) is 17.4 Å². The average molecular weight is 394 g/mol. The van der Waals surface area contributed by atoms with Crippen LogP contribution < -0.4 is 5.32 Å². The van der Waals surface area contributed by atoms with E-state index in [2.05, 4.69) is 20.6 Å². The monoisotopic (exact) mass is 394 g/mol. The summed E-state index contributed by atoms with van der Waals surface area (Å²) in [5.41, 5.74) is 2.24. The van der Waals surface area contributed by atoms with Crippen molar-refractivity contribution in [2.24, 2.45) is 0 Å². The van der Waals surface area contributed by atoms with Crippen LogP contribution in [0.4, 0.5) is 19.0 Å². The van der Waals surface area contributed by atoms with Crippen LogP contribution in [0, 0.1) is 11.7 Å². The van der Waals surface area contributed by atoms with Crippen molar-refractivity contribution < 1.29 is 13.2 Å². The molecule has 0 unspecified atom stereocenters. The van der Waals surface area contributed by atoms with E-state index in [1.54, 1.807) is 11.5 Å². The van der Waals surface area contributed by atoms with Gasteiger partial charge in [-0.1, -0.05) is 18.2 Å². The number of anilines is 1. The Balaban J connectivity index is 1.90. The molecule has 10 heteroatoms. The van der Waals surface area contributed by atoms with Gasteiger partial charge in [-0.15, -0.1) is 0 Å². The largest absolute Gasteiger partial charge is 0.410 e. The Hall–Kier alpha value is -2.62. The van der Waals surface area contributed by atoms with Gasteiger partial charge in [-0.2, -0.15) is 23.4 Å². The van der Waals surface area contributed by atoms with Gasteiger partial charge in [-0.3, -0.25) is 9.67 Å². The van der Waals surface area contributed by atoms with Crippen LogP contribution in [0.15, 0.2) is 30.5 Å². The highest BCUT2D eigenvalue weighted by atomic mass is 32.1. The number of H-pyrrole nitrogens is 1. The van der Waals surface area contributed by atoms with E-state index < -0.39 is 12.2 Å². The molecule has 0 spiro atoms. The summed E-state index contributed by atoms with van der Waals surface area (Å²) in [5, 5.41) is 14.1. The number of benzene rings is 1. The number of aromatic amines is 1. The van der Waals surface area contributed by atoms with Crippen molar-refractivity contribution in [1.82, 2.24) is 24.5 Å². The maximum absolute atomic E-state index is 13.5. The van der Waals surface area contributed by atoms with Gasteiger partial charge >= 0.3 is 6.18 Å². The molecule has 6 nitrogen and oxygen atoms in total. The van der Waals surface area contributed by atoms with Crippen molar-refractivity contribution in [3.63, 3.8) is 0 Å². The molecule has 1 aromatic carbocycles. The van der Waals surface area contributed by atoms with Gasteiger partial charge in [0.15, 0.2) is 16.6 Å². The first kappa shape index (κ1) is 17.8. The molecule has 3 aromatic rings. The second kappa shape index (κ2) is 6.22. The van der Waals surface area contributed by atoms with E-state index in [1.165, 1.54) is 6.20 Å². The van der Waals surface area contributed by atoms with E-state index in [0.29, 0.717) is 22.0 Å². The predicted octanol–water partition coefficient (Wildman–Crippen LogP) is 4.41. The van der Waals surface area contributed by atoms with Crippen LogP contribution in [0.5, 0.6) is 0 Å². The number of nitrogens with one attached hydrogen (secondary N) is 2. The van der Waals surface area contributed by atoms with E-state index in [1.807, 2.05) is 31.2 Å². The van der Waals surface area contributed by atoms with Gasteiger partial charge in [-0.25, -0.2) is 4.68 Å². The molecule has 1 aliphatic heterocycles. The van der Waals surface area contributed by atoms with Gasteiger partial charge in [0, 0.05) is 6.04 Å². The van der Waals surface area contributed by atoms with Gasteiger partial charge in [0.2, 0.25) is 0 Å². The molecule has 4 rings (SSSR count). The molecule has 0 fully saturated rings. The number of para-hydroxylation sites is 1.